The van der Waals surface area contributed by atoms with Gasteiger partial charge in [0.2, 0.25) is 0 Å². The zero-order valence-electron chi connectivity index (χ0n) is 15.0. The topological polar surface area (TPSA) is 84.4 Å². The van der Waals surface area contributed by atoms with E-state index in [1.54, 1.807) is 24.3 Å². The third kappa shape index (κ3) is 3.59. The highest BCUT2D eigenvalue weighted by molar-refractivity contribution is 6.10. The molecule has 5 nitrogen and oxygen atoms in total. The van der Waals surface area contributed by atoms with Gasteiger partial charge in [0.25, 0.3) is 0 Å². The number of hydrogen-bond acceptors (Lipinski definition) is 5. The van der Waals surface area contributed by atoms with Gasteiger partial charge in [0.05, 0.1) is 11.4 Å². The van der Waals surface area contributed by atoms with Crippen LogP contribution in [0.3, 0.4) is 0 Å². The fourth-order valence-electron chi connectivity index (χ4n) is 2.95. The predicted octanol–water partition coefficient (Wildman–Crippen LogP) is 4.23. The lowest BCUT2D eigenvalue weighted by Gasteiger charge is -2.10. The van der Waals surface area contributed by atoms with E-state index in [1.165, 1.54) is 0 Å². The summed E-state index contributed by atoms with van der Waals surface area (Å²) in [6, 6.07) is 28.4. The Bertz CT molecular complexity index is 1050. The van der Waals surface area contributed by atoms with Crippen LogP contribution < -0.4 is 5.84 Å². The van der Waals surface area contributed by atoms with E-state index >= 15 is 0 Å². The summed E-state index contributed by atoms with van der Waals surface area (Å²) in [7, 11) is 0. The summed E-state index contributed by atoms with van der Waals surface area (Å²) in [5, 5.41) is 13.5. The lowest BCUT2D eigenvalue weighted by Crippen LogP contribution is -2.12. The number of nitrogens with zero attached hydrogens (tertiary/aromatic N) is 3. The van der Waals surface area contributed by atoms with E-state index < -0.39 is 0 Å². The van der Waals surface area contributed by atoms with Crippen molar-refractivity contribution in [2.24, 2.45) is 10.9 Å². The molecule has 0 aliphatic carbocycles. The molecule has 0 amide bonds. The average Bonchev–Trinajstić information content (AvgIpc) is 2.77. The van der Waals surface area contributed by atoms with Crippen LogP contribution in [0.1, 0.15) is 11.4 Å². The lowest BCUT2D eigenvalue weighted by atomic mass is 10.1. The molecule has 0 bridgehead atoms. The van der Waals surface area contributed by atoms with Gasteiger partial charge in [-0.15, -0.1) is 0 Å². The van der Waals surface area contributed by atoms with E-state index in [4.69, 9.17) is 15.8 Å². The molecule has 0 spiro atoms. The Morgan fingerprint density at radius 3 is 1.68 bits per heavy atom. The minimum atomic E-state index is 0.170. The fraction of sp³-hybridized carbons (Fsp3) is 0. The lowest BCUT2D eigenvalue weighted by molar-refractivity contribution is 0.475. The molecule has 0 unspecified atom stereocenters. The summed E-state index contributed by atoms with van der Waals surface area (Å²) < 4.78 is 0. The summed E-state index contributed by atoms with van der Waals surface area (Å²) in [4.78, 5) is 9.43. The van der Waals surface area contributed by atoms with Crippen molar-refractivity contribution in [1.29, 1.82) is 0 Å². The van der Waals surface area contributed by atoms with Crippen LogP contribution in [0.4, 0.5) is 0 Å². The third-order valence-electron chi connectivity index (χ3n) is 4.35. The average molecular weight is 366 g/mol. The van der Waals surface area contributed by atoms with Crippen LogP contribution in [0.2, 0.25) is 0 Å². The van der Waals surface area contributed by atoms with Gasteiger partial charge in [-0.25, -0.2) is 9.97 Å². The van der Waals surface area contributed by atoms with Crippen molar-refractivity contribution in [3.8, 4) is 28.3 Å². The highest BCUT2D eigenvalue weighted by Gasteiger charge is 2.15. The Balaban J connectivity index is 1.89. The summed E-state index contributed by atoms with van der Waals surface area (Å²) in [5.41, 5.74) is 4.70. The normalized spacial score (nSPS) is 11.4. The highest BCUT2D eigenvalue weighted by Crippen LogP contribution is 2.25. The van der Waals surface area contributed by atoms with Crippen LogP contribution in [-0.4, -0.2) is 20.8 Å². The number of benzene rings is 3. The monoisotopic (exact) mass is 366 g/mol. The van der Waals surface area contributed by atoms with Crippen LogP contribution in [0.5, 0.6) is 5.75 Å². The molecule has 28 heavy (non-hydrogen) atoms. The zero-order valence-corrected chi connectivity index (χ0v) is 15.0. The van der Waals surface area contributed by atoms with Crippen molar-refractivity contribution >= 4 is 5.71 Å². The number of aromatic hydroxyl groups is 1. The van der Waals surface area contributed by atoms with Gasteiger partial charge in [0.1, 0.15) is 11.5 Å². The predicted molar refractivity (Wildman–Crippen MR) is 111 cm³/mol. The van der Waals surface area contributed by atoms with Crippen molar-refractivity contribution in [1.82, 2.24) is 9.97 Å². The zero-order chi connectivity index (χ0) is 19.3. The number of rotatable bonds is 4. The Kier molecular flexibility index (Phi) is 4.80. The molecule has 5 heteroatoms. The van der Waals surface area contributed by atoms with Crippen LogP contribution in [-0.2, 0) is 0 Å². The summed E-state index contributed by atoms with van der Waals surface area (Å²) >= 11 is 0. The summed E-state index contributed by atoms with van der Waals surface area (Å²) in [6.07, 6.45) is 0. The van der Waals surface area contributed by atoms with Crippen LogP contribution in [0.15, 0.2) is 96.1 Å². The molecule has 4 rings (SSSR count). The van der Waals surface area contributed by atoms with Crippen molar-refractivity contribution in [3.05, 3.63) is 102 Å². The molecular formula is C23H18N4O. The molecule has 1 heterocycles. The fourth-order valence-corrected chi connectivity index (χ4v) is 2.95. The second-order valence-corrected chi connectivity index (χ2v) is 6.22. The number of hydrazone groups is 1. The van der Waals surface area contributed by atoms with E-state index in [2.05, 4.69) is 5.10 Å². The van der Waals surface area contributed by atoms with Crippen molar-refractivity contribution in [2.75, 3.05) is 0 Å². The Morgan fingerprint density at radius 1 is 0.714 bits per heavy atom. The number of phenolic OH excluding ortho intramolecular Hbond substituents is 1. The van der Waals surface area contributed by atoms with Gasteiger partial charge in [-0.2, -0.15) is 5.10 Å². The Labute approximate surface area is 162 Å². The second-order valence-electron chi connectivity index (χ2n) is 6.22. The standard InChI is InChI=1S/C23H18N4O/c24-27-22(18-11-13-19(28)14-12-18)23-25-20(16-7-3-1-4-8-16)15-21(26-23)17-9-5-2-6-10-17/h1-15,28H,24H2/b27-22+. The Morgan fingerprint density at radius 2 is 1.21 bits per heavy atom. The molecule has 136 valence electrons. The van der Waals surface area contributed by atoms with Gasteiger partial charge in [0, 0.05) is 16.7 Å². The third-order valence-corrected chi connectivity index (χ3v) is 4.35. The molecule has 0 aliphatic rings. The van der Waals surface area contributed by atoms with Crippen LogP contribution >= 0.6 is 0 Å². The maximum Gasteiger partial charge on any atom is 0.181 e. The van der Waals surface area contributed by atoms with Gasteiger partial charge in [-0.1, -0.05) is 60.7 Å². The first kappa shape index (κ1) is 17.4. The SMILES string of the molecule is N/N=C(\c1ccc(O)cc1)c1nc(-c2ccccc2)cc(-c2ccccc2)n1. The molecule has 3 aromatic carbocycles. The van der Waals surface area contributed by atoms with Gasteiger partial charge in [-0.05, 0) is 30.3 Å². The first-order chi connectivity index (χ1) is 13.7. The molecular weight excluding hydrogens is 348 g/mol. The van der Waals surface area contributed by atoms with Crippen LogP contribution in [0.25, 0.3) is 22.5 Å². The number of phenols is 1. The van der Waals surface area contributed by atoms with Gasteiger partial charge >= 0.3 is 0 Å². The minimum absolute atomic E-state index is 0.170. The van der Waals surface area contributed by atoms with Crippen molar-refractivity contribution < 1.29 is 5.11 Å². The summed E-state index contributed by atoms with van der Waals surface area (Å²) in [5.74, 6) is 6.29. The highest BCUT2D eigenvalue weighted by atomic mass is 16.3. The van der Waals surface area contributed by atoms with Gasteiger partial charge in [-0.3, -0.25) is 0 Å². The molecule has 0 saturated heterocycles. The smallest absolute Gasteiger partial charge is 0.181 e. The first-order valence-electron chi connectivity index (χ1n) is 8.82. The van der Waals surface area contributed by atoms with E-state index in [0.717, 1.165) is 28.1 Å². The van der Waals surface area contributed by atoms with Gasteiger partial charge in [0.15, 0.2) is 5.82 Å². The quantitative estimate of drug-likeness (QED) is 0.322. The molecule has 0 saturated carbocycles. The second kappa shape index (κ2) is 7.72. The maximum absolute atomic E-state index is 9.56. The number of hydrogen-bond donors (Lipinski definition) is 2. The number of nitrogens with two attached hydrogens (primary N) is 1. The van der Waals surface area contributed by atoms with Gasteiger partial charge < -0.3 is 10.9 Å². The van der Waals surface area contributed by atoms with E-state index in [-0.39, 0.29) is 5.75 Å². The summed E-state index contributed by atoms with van der Waals surface area (Å²) in [6.45, 7) is 0. The molecule has 0 fully saturated rings. The van der Waals surface area contributed by atoms with E-state index in [0.29, 0.717) is 11.5 Å². The van der Waals surface area contributed by atoms with Crippen molar-refractivity contribution in [3.63, 3.8) is 0 Å². The molecule has 0 aliphatic heterocycles. The van der Waals surface area contributed by atoms with Crippen molar-refractivity contribution in [2.45, 2.75) is 0 Å². The molecule has 0 radical (unpaired) electrons. The maximum atomic E-state index is 9.56. The first-order valence-corrected chi connectivity index (χ1v) is 8.82. The van der Waals surface area contributed by atoms with E-state index in [9.17, 15) is 5.11 Å². The minimum Gasteiger partial charge on any atom is -0.508 e. The molecule has 1 aromatic heterocycles. The molecule has 0 atom stereocenters. The van der Waals surface area contributed by atoms with Crippen LogP contribution in [0, 0.1) is 0 Å². The van der Waals surface area contributed by atoms with E-state index in [1.807, 2.05) is 66.7 Å². The number of aromatic nitrogens is 2. The molecule has 4 aromatic rings. The largest absolute Gasteiger partial charge is 0.508 e. The Hall–Kier alpha value is -3.99. The molecule has 3 N–H and O–H groups in total.